The van der Waals surface area contributed by atoms with Gasteiger partial charge in [0.1, 0.15) is 17.4 Å². The molecule has 1 aromatic carbocycles. The topological polar surface area (TPSA) is 46.5 Å². The predicted molar refractivity (Wildman–Crippen MR) is 53.6 cm³/mol. The first-order valence-corrected chi connectivity index (χ1v) is 4.70. The van der Waals surface area contributed by atoms with E-state index in [2.05, 4.69) is 0 Å². The highest BCUT2D eigenvalue weighted by atomic mass is 19.1. The van der Waals surface area contributed by atoms with E-state index >= 15 is 0 Å². The molecule has 3 nitrogen and oxygen atoms in total. The Morgan fingerprint density at radius 3 is 2.62 bits per heavy atom. The van der Waals surface area contributed by atoms with Crippen molar-refractivity contribution < 1.29 is 23.4 Å². The van der Waals surface area contributed by atoms with Crippen LogP contribution < -0.4 is 4.74 Å². The van der Waals surface area contributed by atoms with Crippen molar-refractivity contribution >= 4 is 5.97 Å². The van der Waals surface area contributed by atoms with Crippen molar-refractivity contribution in [3.8, 4) is 5.75 Å². The number of methoxy groups -OCH3 is 1. The van der Waals surface area contributed by atoms with Crippen LogP contribution in [0.4, 0.5) is 8.78 Å². The molecule has 1 rings (SSSR count). The maximum atomic E-state index is 13.5. The number of halogens is 2. The Morgan fingerprint density at radius 1 is 1.50 bits per heavy atom. The number of rotatable bonds is 4. The second kappa shape index (κ2) is 4.92. The van der Waals surface area contributed by atoms with Crippen LogP contribution >= 0.6 is 0 Å². The number of carboxylic acids is 1. The summed E-state index contributed by atoms with van der Waals surface area (Å²) in [5, 5.41) is 8.62. The Balaban J connectivity index is 3.15. The van der Waals surface area contributed by atoms with Crippen LogP contribution in [-0.4, -0.2) is 18.2 Å². The van der Waals surface area contributed by atoms with Crippen molar-refractivity contribution in [1.29, 1.82) is 0 Å². The summed E-state index contributed by atoms with van der Waals surface area (Å²) in [6.45, 7) is 1.55. The highest BCUT2D eigenvalue weighted by molar-refractivity contribution is 5.68. The number of benzene rings is 1. The lowest BCUT2D eigenvalue weighted by atomic mass is 9.96. The summed E-state index contributed by atoms with van der Waals surface area (Å²) in [5.74, 6) is -3.12. The number of aliphatic carboxylic acids is 1. The molecule has 0 bridgehead atoms. The molecule has 16 heavy (non-hydrogen) atoms. The van der Waals surface area contributed by atoms with E-state index in [1.165, 1.54) is 7.11 Å². The molecular weight excluding hydrogens is 218 g/mol. The lowest BCUT2D eigenvalue weighted by Crippen LogP contribution is -2.07. The third kappa shape index (κ3) is 2.68. The highest BCUT2D eigenvalue weighted by Crippen LogP contribution is 2.32. The Hall–Kier alpha value is -1.65. The molecule has 1 aromatic rings. The van der Waals surface area contributed by atoms with Gasteiger partial charge in [0.15, 0.2) is 0 Å². The first-order chi connectivity index (χ1) is 7.45. The fourth-order valence-electron chi connectivity index (χ4n) is 1.57. The molecular formula is C11H12F2O3. The van der Waals surface area contributed by atoms with E-state index in [9.17, 15) is 13.6 Å². The second-order valence-corrected chi connectivity index (χ2v) is 3.50. The molecule has 0 amide bonds. The van der Waals surface area contributed by atoms with Crippen LogP contribution in [0.5, 0.6) is 5.75 Å². The van der Waals surface area contributed by atoms with E-state index in [0.717, 1.165) is 12.1 Å². The van der Waals surface area contributed by atoms with E-state index in [1.807, 2.05) is 0 Å². The van der Waals surface area contributed by atoms with Gasteiger partial charge in [-0.2, -0.15) is 0 Å². The van der Waals surface area contributed by atoms with E-state index in [-0.39, 0.29) is 17.7 Å². The van der Waals surface area contributed by atoms with Gasteiger partial charge in [-0.15, -0.1) is 0 Å². The minimum Gasteiger partial charge on any atom is -0.496 e. The molecule has 0 saturated heterocycles. The molecule has 0 radical (unpaired) electrons. The number of carboxylic acid groups (broad SMARTS) is 1. The van der Waals surface area contributed by atoms with Crippen LogP contribution in [0, 0.1) is 11.6 Å². The van der Waals surface area contributed by atoms with Gasteiger partial charge in [0.25, 0.3) is 0 Å². The molecule has 0 heterocycles. The average molecular weight is 230 g/mol. The monoisotopic (exact) mass is 230 g/mol. The van der Waals surface area contributed by atoms with Gasteiger partial charge < -0.3 is 9.84 Å². The summed E-state index contributed by atoms with van der Waals surface area (Å²) in [5.41, 5.74) is 0.0892. The van der Waals surface area contributed by atoms with Crippen LogP contribution in [-0.2, 0) is 4.79 Å². The maximum absolute atomic E-state index is 13.5. The van der Waals surface area contributed by atoms with Gasteiger partial charge >= 0.3 is 5.97 Å². The quantitative estimate of drug-likeness (QED) is 0.864. The standard InChI is InChI=1S/C11H12F2O3/c1-6(3-10(14)15)11-8(13)4-7(12)5-9(11)16-2/h4-6H,3H2,1-2H3,(H,14,15). The van der Waals surface area contributed by atoms with Crippen molar-refractivity contribution in [1.82, 2.24) is 0 Å². The summed E-state index contributed by atoms with van der Waals surface area (Å²) in [4.78, 5) is 10.5. The van der Waals surface area contributed by atoms with Crippen LogP contribution in [0.3, 0.4) is 0 Å². The zero-order valence-corrected chi connectivity index (χ0v) is 8.96. The third-order valence-electron chi connectivity index (χ3n) is 2.25. The molecule has 0 aliphatic rings. The lowest BCUT2D eigenvalue weighted by Gasteiger charge is -2.14. The lowest BCUT2D eigenvalue weighted by molar-refractivity contribution is -0.137. The molecule has 0 aliphatic heterocycles. The SMILES string of the molecule is COc1cc(F)cc(F)c1C(C)CC(=O)O. The number of hydrogen-bond donors (Lipinski definition) is 1. The van der Waals surface area contributed by atoms with E-state index in [4.69, 9.17) is 9.84 Å². The third-order valence-corrected chi connectivity index (χ3v) is 2.25. The summed E-state index contributed by atoms with van der Waals surface area (Å²) in [6, 6.07) is 1.76. The van der Waals surface area contributed by atoms with Crippen molar-refractivity contribution in [2.75, 3.05) is 7.11 Å². The molecule has 0 fully saturated rings. The molecule has 5 heteroatoms. The molecule has 88 valence electrons. The van der Waals surface area contributed by atoms with Crippen LogP contribution in [0.15, 0.2) is 12.1 Å². The average Bonchev–Trinajstić information content (AvgIpc) is 2.14. The van der Waals surface area contributed by atoms with E-state index in [1.54, 1.807) is 6.92 Å². The van der Waals surface area contributed by atoms with Gasteiger partial charge in [0.2, 0.25) is 0 Å². The number of carbonyl (C=O) groups is 1. The van der Waals surface area contributed by atoms with Gasteiger partial charge in [-0.1, -0.05) is 6.92 Å². The zero-order valence-electron chi connectivity index (χ0n) is 8.96. The summed E-state index contributed by atoms with van der Waals surface area (Å²) in [6.07, 6.45) is -0.237. The van der Waals surface area contributed by atoms with E-state index in [0.29, 0.717) is 0 Å². The Bertz CT molecular complexity index is 404. The summed E-state index contributed by atoms with van der Waals surface area (Å²) in [7, 11) is 1.28. The number of hydrogen-bond acceptors (Lipinski definition) is 2. The second-order valence-electron chi connectivity index (χ2n) is 3.50. The van der Waals surface area contributed by atoms with Gasteiger partial charge in [-0.25, -0.2) is 8.78 Å². The zero-order chi connectivity index (χ0) is 12.3. The fraction of sp³-hybridized carbons (Fsp3) is 0.364. The van der Waals surface area contributed by atoms with Crippen molar-refractivity contribution in [2.24, 2.45) is 0 Å². The maximum Gasteiger partial charge on any atom is 0.303 e. The Kier molecular flexibility index (Phi) is 3.82. The molecule has 1 unspecified atom stereocenters. The van der Waals surface area contributed by atoms with Gasteiger partial charge in [-0.3, -0.25) is 4.79 Å². The van der Waals surface area contributed by atoms with Gasteiger partial charge in [0.05, 0.1) is 13.5 Å². The number of ether oxygens (including phenoxy) is 1. The van der Waals surface area contributed by atoms with Gasteiger partial charge in [-0.05, 0) is 5.92 Å². The Labute approximate surface area is 91.7 Å². The first-order valence-electron chi connectivity index (χ1n) is 4.70. The molecule has 0 aliphatic carbocycles. The molecule has 0 aromatic heterocycles. The van der Waals surface area contributed by atoms with Crippen molar-refractivity contribution in [3.63, 3.8) is 0 Å². The minimum atomic E-state index is -1.04. The fourth-order valence-corrected chi connectivity index (χ4v) is 1.57. The van der Waals surface area contributed by atoms with Crippen LogP contribution in [0.1, 0.15) is 24.8 Å². The normalized spacial score (nSPS) is 12.2. The summed E-state index contributed by atoms with van der Waals surface area (Å²) < 4.78 is 31.2. The van der Waals surface area contributed by atoms with Crippen LogP contribution in [0.25, 0.3) is 0 Å². The Morgan fingerprint density at radius 2 is 2.12 bits per heavy atom. The van der Waals surface area contributed by atoms with Crippen molar-refractivity contribution in [2.45, 2.75) is 19.3 Å². The molecule has 1 N–H and O–H groups in total. The van der Waals surface area contributed by atoms with Gasteiger partial charge in [0, 0.05) is 17.7 Å². The smallest absolute Gasteiger partial charge is 0.303 e. The molecule has 0 saturated carbocycles. The minimum absolute atomic E-state index is 0.0336. The summed E-state index contributed by atoms with van der Waals surface area (Å²) >= 11 is 0. The predicted octanol–water partition coefficient (Wildman–Crippen LogP) is 2.55. The molecule has 0 spiro atoms. The van der Waals surface area contributed by atoms with E-state index < -0.39 is 23.5 Å². The highest BCUT2D eigenvalue weighted by Gasteiger charge is 2.20. The first kappa shape index (κ1) is 12.4. The van der Waals surface area contributed by atoms with Crippen LogP contribution in [0.2, 0.25) is 0 Å². The largest absolute Gasteiger partial charge is 0.496 e. The van der Waals surface area contributed by atoms with Crippen molar-refractivity contribution in [3.05, 3.63) is 29.3 Å². The molecule has 1 atom stereocenters.